The van der Waals surface area contributed by atoms with E-state index >= 15 is 0 Å². The van der Waals surface area contributed by atoms with Crippen LogP contribution in [-0.4, -0.2) is 80.4 Å². The van der Waals surface area contributed by atoms with E-state index < -0.39 is 33.4 Å². The summed E-state index contributed by atoms with van der Waals surface area (Å²) in [5, 5.41) is 10.7. The highest BCUT2D eigenvalue weighted by molar-refractivity contribution is 8.02. The third kappa shape index (κ3) is 4.60. The lowest BCUT2D eigenvalue weighted by atomic mass is 9.74. The molecule has 6 atom stereocenters. The molecule has 0 aromatic heterocycles. The Balaban J connectivity index is 1.47. The van der Waals surface area contributed by atoms with Gasteiger partial charge in [0.1, 0.15) is 6.04 Å². The number of nitrogens with zero attached hydrogens (tertiary/aromatic N) is 3. The zero-order chi connectivity index (χ0) is 29.5. The minimum absolute atomic E-state index is 0.0975. The van der Waals surface area contributed by atoms with Gasteiger partial charge in [0, 0.05) is 30.1 Å². The summed E-state index contributed by atoms with van der Waals surface area (Å²) in [5.74, 6) is -1.83. The number of unbranched alkanes of at least 4 members (excludes halogenated alkanes) is 1. The van der Waals surface area contributed by atoms with E-state index in [2.05, 4.69) is 19.1 Å². The molecule has 2 saturated heterocycles. The maximum atomic E-state index is 14.8. The summed E-state index contributed by atoms with van der Waals surface area (Å²) >= 11 is 1.59. The number of carbonyl (C=O) groups is 3. The zero-order valence-electron chi connectivity index (χ0n) is 24.3. The van der Waals surface area contributed by atoms with Crippen molar-refractivity contribution in [2.75, 3.05) is 31.1 Å². The van der Waals surface area contributed by atoms with E-state index in [0.717, 1.165) is 24.1 Å². The average Bonchev–Trinajstić information content (AvgIpc) is 3.28. The van der Waals surface area contributed by atoms with E-state index in [1.165, 1.54) is 0 Å². The Morgan fingerprint density at radius 3 is 2.29 bits per heavy atom. The minimum Gasteiger partial charge on any atom is -0.394 e. The molecule has 3 amide bonds. The summed E-state index contributed by atoms with van der Waals surface area (Å²) < 4.78 is -1.61. The standard InChI is InChI=1S/C34H39N3O4S/c1-3-4-19-35-20-12-18-34-28(27-30(39)36(25-15-9-6-10-16-25)21-11-17-33(27,2)42-34)31(40)37(29(34)32(35)41)26(23-38)22-24-13-7-5-8-14-24/h5-18,26-29,38H,3-4,19-23H2,1-2H3/t26-,27+,28+,29?,33-,34+/m1/s1. The van der Waals surface area contributed by atoms with E-state index in [4.69, 9.17) is 0 Å². The van der Waals surface area contributed by atoms with Crippen molar-refractivity contribution >= 4 is 35.2 Å². The molecule has 0 bridgehead atoms. The fourth-order valence-electron chi connectivity index (χ4n) is 7.43. The van der Waals surface area contributed by atoms with Gasteiger partial charge in [0.25, 0.3) is 0 Å². The Labute approximate surface area is 252 Å². The summed E-state index contributed by atoms with van der Waals surface area (Å²) in [6.07, 6.45) is 10.4. The van der Waals surface area contributed by atoms with Crippen LogP contribution in [0.5, 0.6) is 0 Å². The molecule has 0 saturated carbocycles. The third-order valence-electron chi connectivity index (χ3n) is 9.35. The lowest BCUT2D eigenvalue weighted by Gasteiger charge is -2.40. The molecule has 2 fully saturated rings. The van der Waals surface area contributed by atoms with Gasteiger partial charge in [-0.25, -0.2) is 0 Å². The Morgan fingerprint density at radius 2 is 1.60 bits per heavy atom. The van der Waals surface area contributed by atoms with Crippen LogP contribution in [0.15, 0.2) is 85.0 Å². The Kier molecular flexibility index (Phi) is 7.79. The van der Waals surface area contributed by atoms with E-state index in [9.17, 15) is 19.5 Å². The smallest absolute Gasteiger partial charge is 0.247 e. The topological polar surface area (TPSA) is 81.2 Å². The predicted octanol–water partition coefficient (Wildman–Crippen LogP) is 4.08. The third-order valence-corrected chi connectivity index (χ3v) is 11.1. The fourth-order valence-corrected chi connectivity index (χ4v) is 9.57. The normalized spacial score (nSPS) is 31.1. The van der Waals surface area contributed by atoms with Crippen LogP contribution in [0.4, 0.5) is 5.69 Å². The summed E-state index contributed by atoms with van der Waals surface area (Å²) in [4.78, 5) is 49.2. The molecule has 6 rings (SSSR count). The average molecular weight is 586 g/mol. The van der Waals surface area contributed by atoms with E-state index in [0.29, 0.717) is 26.1 Å². The molecular formula is C34H39N3O4S. The Morgan fingerprint density at radius 1 is 0.905 bits per heavy atom. The van der Waals surface area contributed by atoms with Gasteiger partial charge in [-0.3, -0.25) is 14.4 Å². The van der Waals surface area contributed by atoms with Crippen molar-refractivity contribution in [1.82, 2.24) is 9.80 Å². The molecule has 220 valence electrons. The fraction of sp³-hybridized carbons (Fsp3) is 0.441. The van der Waals surface area contributed by atoms with Gasteiger partial charge in [-0.05, 0) is 37.5 Å². The van der Waals surface area contributed by atoms with Gasteiger partial charge in [0.15, 0.2) is 0 Å². The van der Waals surface area contributed by atoms with E-state index in [1.807, 2.05) is 84.6 Å². The Bertz CT molecular complexity index is 1400. The van der Waals surface area contributed by atoms with Crippen molar-refractivity contribution in [3.63, 3.8) is 0 Å². The molecule has 2 aromatic carbocycles. The number of anilines is 1. The van der Waals surface area contributed by atoms with Crippen LogP contribution in [0.1, 0.15) is 32.3 Å². The summed E-state index contributed by atoms with van der Waals surface area (Å²) in [6.45, 7) is 5.36. The zero-order valence-corrected chi connectivity index (χ0v) is 25.1. The van der Waals surface area contributed by atoms with Crippen molar-refractivity contribution in [3.8, 4) is 0 Å². The van der Waals surface area contributed by atoms with Crippen LogP contribution in [0.3, 0.4) is 0 Å². The van der Waals surface area contributed by atoms with Gasteiger partial charge in [-0.15, -0.1) is 11.8 Å². The lowest BCUT2D eigenvalue weighted by molar-refractivity contribution is -0.145. The number of benzene rings is 2. The second kappa shape index (κ2) is 11.4. The van der Waals surface area contributed by atoms with Gasteiger partial charge < -0.3 is 19.8 Å². The first-order valence-corrected chi connectivity index (χ1v) is 15.8. The van der Waals surface area contributed by atoms with Crippen molar-refractivity contribution in [2.45, 2.75) is 54.7 Å². The summed E-state index contributed by atoms with van der Waals surface area (Å²) in [5.41, 5.74) is 1.77. The maximum absolute atomic E-state index is 14.8. The van der Waals surface area contributed by atoms with Crippen LogP contribution in [0, 0.1) is 11.8 Å². The maximum Gasteiger partial charge on any atom is 0.247 e. The molecule has 1 spiro atoms. The molecule has 42 heavy (non-hydrogen) atoms. The number of para-hydroxylation sites is 1. The molecule has 4 aliphatic heterocycles. The highest BCUT2D eigenvalue weighted by atomic mass is 32.2. The number of rotatable bonds is 8. The monoisotopic (exact) mass is 585 g/mol. The van der Waals surface area contributed by atoms with E-state index in [1.54, 1.807) is 21.6 Å². The Hall–Kier alpha value is -3.36. The molecule has 4 heterocycles. The van der Waals surface area contributed by atoms with Crippen LogP contribution in [0.25, 0.3) is 0 Å². The number of aliphatic hydroxyl groups excluding tert-OH is 1. The molecule has 2 aromatic rings. The number of thioether (sulfide) groups is 1. The van der Waals surface area contributed by atoms with E-state index in [-0.39, 0.29) is 24.3 Å². The second-order valence-electron chi connectivity index (χ2n) is 12.0. The first kappa shape index (κ1) is 28.7. The van der Waals surface area contributed by atoms with Crippen molar-refractivity contribution < 1.29 is 19.5 Å². The first-order chi connectivity index (χ1) is 20.3. The highest BCUT2D eigenvalue weighted by Gasteiger charge is 2.74. The first-order valence-electron chi connectivity index (χ1n) is 15.0. The van der Waals surface area contributed by atoms with Gasteiger partial charge in [-0.2, -0.15) is 0 Å². The summed E-state index contributed by atoms with van der Waals surface area (Å²) in [6, 6.07) is 17.9. The van der Waals surface area contributed by atoms with Gasteiger partial charge >= 0.3 is 0 Å². The van der Waals surface area contributed by atoms with Crippen molar-refractivity contribution in [2.24, 2.45) is 11.8 Å². The van der Waals surface area contributed by atoms with Crippen molar-refractivity contribution in [1.29, 1.82) is 0 Å². The molecule has 8 heteroatoms. The van der Waals surface area contributed by atoms with Gasteiger partial charge in [0.2, 0.25) is 17.7 Å². The molecular weight excluding hydrogens is 546 g/mol. The van der Waals surface area contributed by atoms with Crippen molar-refractivity contribution in [3.05, 3.63) is 90.5 Å². The minimum atomic E-state index is -0.932. The largest absolute Gasteiger partial charge is 0.394 e. The molecule has 4 aliphatic rings. The second-order valence-corrected chi connectivity index (χ2v) is 13.8. The molecule has 7 nitrogen and oxygen atoms in total. The van der Waals surface area contributed by atoms with Crippen LogP contribution in [0.2, 0.25) is 0 Å². The van der Waals surface area contributed by atoms with Crippen LogP contribution >= 0.6 is 11.8 Å². The SMILES string of the molecule is CCCCN1CC=C[C@]23S[C@]4(C)C=CCN(c5ccccc5)C(=O)[C@@H]4[C@H]2C(=O)N([C@@H](CO)Cc2ccccc2)C3C1=O. The lowest BCUT2D eigenvalue weighted by Crippen LogP contribution is -2.57. The highest BCUT2D eigenvalue weighted by Crippen LogP contribution is 2.66. The molecule has 1 unspecified atom stereocenters. The number of aliphatic hydroxyl groups is 1. The number of carbonyl (C=O) groups excluding carboxylic acids is 3. The number of fused-ring (bicyclic) bond motifs is 2. The number of hydrogen-bond acceptors (Lipinski definition) is 5. The van der Waals surface area contributed by atoms with Crippen LogP contribution < -0.4 is 4.90 Å². The molecule has 0 aliphatic carbocycles. The number of likely N-dealkylation sites (tertiary alicyclic amines) is 1. The van der Waals surface area contributed by atoms with Gasteiger partial charge in [-0.1, -0.05) is 86.2 Å². The number of amides is 3. The quantitative estimate of drug-likeness (QED) is 0.473. The molecule has 0 radical (unpaired) electrons. The van der Waals surface area contributed by atoms with Gasteiger partial charge in [0.05, 0.1) is 29.2 Å². The molecule has 1 N–H and O–H groups in total. The predicted molar refractivity (Wildman–Crippen MR) is 166 cm³/mol. The van der Waals surface area contributed by atoms with Crippen LogP contribution in [-0.2, 0) is 20.8 Å². The summed E-state index contributed by atoms with van der Waals surface area (Å²) in [7, 11) is 0. The number of hydrogen-bond donors (Lipinski definition) is 1.